The first-order valence-electron chi connectivity index (χ1n) is 7.38. The summed E-state index contributed by atoms with van der Waals surface area (Å²) in [6.07, 6.45) is 2.02. The largest absolute Gasteiger partial charge is 0.494 e. The van der Waals surface area contributed by atoms with Crippen LogP contribution in [0.2, 0.25) is 0 Å². The van der Waals surface area contributed by atoms with Crippen LogP contribution in [0.5, 0.6) is 5.75 Å². The van der Waals surface area contributed by atoms with Crippen molar-refractivity contribution in [2.24, 2.45) is 0 Å². The summed E-state index contributed by atoms with van der Waals surface area (Å²) >= 11 is 0. The number of hydrogen-bond acceptors (Lipinski definition) is 4. The third kappa shape index (κ3) is 4.47. The molecule has 1 aliphatic carbocycles. The fourth-order valence-corrected chi connectivity index (χ4v) is 2.35. The summed E-state index contributed by atoms with van der Waals surface area (Å²) in [4.78, 5) is 2.32. The Morgan fingerprint density at radius 3 is 2.55 bits per heavy atom. The minimum Gasteiger partial charge on any atom is -0.494 e. The maximum Gasteiger partial charge on any atom is 0.119 e. The summed E-state index contributed by atoms with van der Waals surface area (Å²) in [5.74, 6) is 0.849. The van der Waals surface area contributed by atoms with Gasteiger partial charge in [0.15, 0.2) is 0 Å². The van der Waals surface area contributed by atoms with Crippen LogP contribution < -0.4 is 4.74 Å². The van der Waals surface area contributed by atoms with E-state index in [1.165, 1.54) is 12.8 Å². The monoisotopic (exact) mass is 279 g/mol. The zero-order valence-electron chi connectivity index (χ0n) is 12.4. The highest BCUT2D eigenvalue weighted by atomic mass is 16.5. The number of hydrogen-bond donors (Lipinski definition) is 1. The summed E-state index contributed by atoms with van der Waals surface area (Å²) < 4.78 is 10.6. The number of ether oxygens (including phenoxy) is 2. The van der Waals surface area contributed by atoms with Crippen LogP contribution in [0, 0.1) is 0 Å². The molecule has 0 saturated heterocycles. The second-order valence-corrected chi connectivity index (χ2v) is 5.24. The Labute approximate surface area is 121 Å². The molecule has 1 saturated carbocycles. The molecule has 0 aromatic heterocycles. The highest BCUT2D eigenvalue weighted by Gasteiger charge is 2.30. The Kier molecular flexibility index (Phi) is 5.83. The molecule has 0 radical (unpaired) electrons. The number of benzene rings is 1. The first-order chi connectivity index (χ1) is 9.74. The molecule has 1 aliphatic rings. The van der Waals surface area contributed by atoms with Crippen molar-refractivity contribution in [2.75, 3.05) is 33.4 Å². The maximum absolute atomic E-state index is 10.4. The van der Waals surface area contributed by atoms with Crippen LogP contribution in [0.4, 0.5) is 0 Å². The van der Waals surface area contributed by atoms with Gasteiger partial charge in [-0.25, -0.2) is 0 Å². The van der Waals surface area contributed by atoms with E-state index in [4.69, 9.17) is 9.47 Å². The van der Waals surface area contributed by atoms with E-state index in [0.29, 0.717) is 25.8 Å². The van der Waals surface area contributed by atoms with Gasteiger partial charge in [-0.05, 0) is 37.5 Å². The molecule has 0 heterocycles. The van der Waals surface area contributed by atoms with Gasteiger partial charge in [-0.3, -0.25) is 4.90 Å². The molecule has 2 rings (SSSR count). The minimum absolute atomic E-state index is 0.455. The van der Waals surface area contributed by atoms with Crippen LogP contribution in [-0.2, 0) is 4.74 Å². The molecule has 1 fully saturated rings. The minimum atomic E-state index is -0.455. The van der Waals surface area contributed by atoms with Crippen molar-refractivity contribution >= 4 is 0 Å². The van der Waals surface area contributed by atoms with Gasteiger partial charge >= 0.3 is 0 Å². The van der Waals surface area contributed by atoms with Crippen molar-refractivity contribution in [1.29, 1.82) is 0 Å². The molecule has 1 aromatic rings. The van der Waals surface area contributed by atoms with Crippen molar-refractivity contribution in [3.8, 4) is 5.75 Å². The summed E-state index contributed by atoms with van der Waals surface area (Å²) in [6, 6.07) is 8.34. The molecule has 0 amide bonds. The van der Waals surface area contributed by atoms with Gasteiger partial charge in [-0.15, -0.1) is 0 Å². The van der Waals surface area contributed by atoms with Gasteiger partial charge in [0.2, 0.25) is 0 Å². The van der Waals surface area contributed by atoms with Crippen LogP contribution in [0.3, 0.4) is 0 Å². The van der Waals surface area contributed by atoms with E-state index < -0.39 is 6.10 Å². The molecule has 1 unspecified atom stereocenters. The molecule has 20 heavy (non-hydrogen) atoms. The smallest absolute Gasteiger partial charge is 0.119 e. The van der Waals surface area contributed by atoms with Crippen molar-refractivity contribution in [2.45, 2.75) is 31.9 Å². The number of methoxy groups -OCH3 is 1. The summed E-state index contributed by atoms with van der Waals surface area (Å²) in [6.45, 7) is 4.89. The highest BCUT2D eigenvalue weighted by molar-refractivity contribution is 5.28. The Balaban J connectivity index is 1.89. The van der Waals surface area contributed by atoms with Gasteiger partial charge in [-0.2, -0.15) is 0 Å². The molecular weight excluding hydrogens is 254 g/mol. The molecule has 1 atom stereocenters. The molecule has 0 aliphatic heterocycles. The van der Waals surface area contributed by atoms with E-state index in [9.17, 15) is 5.11 Å². The molecule has 0 spiro atoms. The van der Waals surface area contributed by atoms with Gasteiger partial charge in [0.1, 0.15) is 5.75 Å². The molecule has 1 N–H and O–H groups in total. The maximum atomic E-state index is 10.4. The fraction of sp³-hybridized carbons (Fsp3) is 0.625. The van der Waals surface area contributed by atoms with Crippen LogP contribution >= 0.6 is 0 Å². The Morgan fingerprint density at radius 2 is 2.00 bits per heavy atom. The van der Waals surface area contributed by atoms with Crippen LogP contribution in [-0.4, -0.2) is 49.5 Å². The molecule has 112 valence electrons. The standard InChI is InChI=1S/C16H25NO3/c1-3-20-15-8-4-13(5-9-15)16(18)12-17(10-11-19-2)14-6-7-14/h4-5,8-9,14,16,18H,3,6-7,10-12H2,1-2H3. The molecule has 0 bridgehead atoms. The second kappa shape index (κ2) is 7.62. The predicted octanol–water partition coefficient (Wildman–Crippen LogP) is 2.23. The quantitative estimate of drug-likeness (QED) is 0.752. The lowest BCUT2D eigenvalue weighted by Gasteiger charge is -2.24. The van der Waals surface area contributed by atoms with Gasteiger partial charge in [0.25, 0.3) is 0 Å². The van der Waals surface area contributed by atoms with E-state index in [1.807, 2.05) is 31.2 Å². The Bertz CT molecular complexity index is 389. The van der Waals surface area contributed by atoms with Crippen LogP contribution in [0.15, 0.2) is 24.3 Å². The second-order valence-electron chi connectivity index (χ2n) is 5.24. The SMILES string of the molecule is CCOc1ccc(C(O)CN(CCOC)C2CC2)cc1. The van der Waals surface area contributed by atoms with E-state index in [0.717, 1.165) is 17.9 Å². The number of rotatable bonds is 9. The van der Waals surface area contributed by atoms with Crippen molar-refractivity contribution < 1.29 is 14.6 Å². The van der Waals surface area contributed by atoms with Crippen LogP contribution in [0.1, 0.15) is 31.4 Å². The zero-order chi connectivity index (χ0) is 14.4. The Hall–Kier alpha value is -1.10. The zero-order valence-corrected chi connectivity index (χ0v) is 12.4. The number of aliphatic hydroxyl groups is 1. The van der Waals surface area contributed by atoms with Crippen molar-refractivity contribution in [3.63, 3.8) is 0 Å². The van der Waals surface area contributed by atoms with Crippen molar-refractivity contribution in [3.05, 3.63) is 29.8 Å². The van der Waals surface area contributed by atoms with E-state index in [1.54, 1.807) is 7.11 Å². The summed E-state index contributed by atoms with van der Waals surface area (Å²) in [5, 5.41) is 10.4. The predicted molar refractivity (Wildman–Crippen MR) is 79.0 cm³/mol. The Morgan fingerprint density at radius 1 is 1.30 bits per heavy atom. The van der Waals surface area contributed by atoms with E-state index >= 15 is 0 Å². The average Bonchev–Trinajstić information content (AvgIpc) is 3.29. The lowest BCUT2D eigenvalue weighted by Crippen LogP contribution is -2.33. The molecule has 1 aromatic carbocycles. The third-order valence-electron chi connectivity index (χ3n) is 3.63. The number of aliphatic hydroxyl groups excluding tert-OH is 1. The first kappa shape index (κ1) is 15.3. The normalized spacial score (nSPS) is 16.4. The molecule has 4 heteroatoms. The average molecular weight is 279 g/mol. The molecular formula is C16H25NO3. The van der Waals surface area contributed by atoms with Gasteiger partial charge < -0.3 is 14.6 Å². The highest BCUT2D eigenvalue weighted by Crippen LogP contribution is 2.29. The van der Waals surface area contributed by atoms with E-state index in [2.05, 4.69) is 4.90 Å². The summed E-state index contributed by atoms with van der Waals surface area (Å²) in [5.41, 5.74) is 0.941. The van der Waals surface area contributed by atoms with Crippen molar-refractivity contribution in [1.82, 2.24) is 4.90 Å². The van der Waals surface area contributed by atoms with Gasteiger partial charge in [0, 0.05) is 26.2 Å². The lowest BCUT2D eigenvalue weighted by atomic mass is 10.1. The molecule has 4 nitrogen and oxygen atoms in total. The van der Waals surface area contributed by atoms with E-state index in [-0.39, 0.29) is 0 Å². The third-order valence-corrected chi connectivity index (χ3v) is 3.63. The number of nitrogens with zero attached hydrogens (tertiary/aromatic N) is 1. The fourth-order valence-electron chi connectivity index (χ4n) is 2.35. The summed E-state index contributed by atoms with van der Waals surface area (Å²) in [7, 11) is 1.72. The van der Waals surface area contributed by atoms with Gasteiger partial charge in [0.05, 0.1) is 19.3 Å². The first-order valence-corrected chi connectivity index (χ1v) is 7.38. The lowest BCUT2D eigenvalue weighted by molar-refractivity contribution is 0.0845. The topological polar surface area (TPSA) is 41.9 Å². The van der Waals surface area contributed by atoms with Gasteiger partial charge in [-0.1, -0.05) is 12.1 Å². The van der Waals surface area contributed by atoms with Crippen LogP contribution in [0.25, 0.3) is 0 Å².